The summed E-state index contributed by atoms with van der Waals surface area (Å²) in [5, 5.41) is 0. The van der Waals surface area contributed by atoms with Gasteiger partial charge in [0.15, 0.2) is 5.69 Å². The maximum absolute atomic E-state index is 11.4. The molecular weight excluding hydrogens is 314 g/mol. The van der Waals surface area contributed by atoms with E-state index in [1.807, 2.05) is 0 Å². The number of carbonyl (C=O) groups excluding carboxylic acids is 2. The first-order chi connectivity index (χ1) is 11.6. The Kier molecular flexibility index (Phi) is 5.95. The van der Waals surface area contributed by atoms with Crippen molar-refractivity contribution in [3.05, 3.63) is 48.1 Å². The van der Waals surface area contributed by atoms with Gasteiger partial charge in [-0.25, -0.2) is 14.6 Å². The third-order valence-corrected chi connectivity index (χ3v) is 2.67. The van der Waals surface area contributed by atoms with Gasteiger partial charge in [0.1, 0.15) is 5.75 Å². The highest BCUT2D eigenvalue weighted by Crippen LogP contribution is 2.18. The fourth-order valence-corrected chi connectivity index (χ4v) is 1.65. The lowest BCUT2D eigenvalue weighted by molar-refractivity contribution is -0.137. The molecule has 0 aliphatic heterocycles. The molecule has 0 bridgehead atoms. The molecule has 8 heteroatoms. The summed E-state index contributed by atoms with van der Waals surface area (Å²) in [6, 6.07) is 3.03. The van der Waals surface area contributed by atoms with E-state index in [2.05, 4.69) is 19.7 Å². The van der Waals surface area contributed by atoms with Crippen LogP contribution in [0.4, 0.5) is 0 Å². The van der Waals surface area contributed by atoms with Crippen LogP contribution in [0.3, 0.4) is 0 Å². The number of hydrogen-bond donors (Lipinski definition) is 0. The second-order valence-electron chi connectivity index (χ2n) is 4.36. The van der Waals surface area contributed by atoms with Crippen LogP contribution in [0.15, 0.2) is 36.8 Å². The molecule has 2 aromatic heterocycles. The van der Waals surface area contributed by atoms with E-state index >= 15 is 0 Å². The van der Waals surface area contributed by atoms with Gasteiger partial charge in [-0.05, 0) is 30.7 Å². The zero-order valence-electron chi connectivity index (χ0n) is 13.1. The van der Waals surface area contributed by atoms with Crippen molar-refractivity contribution in [3.63, 3.8) is 0 Å². The van der Waals surface area contributed by atoms with Crippen molar-refractivity contribution in [2.24, 2.45) is 0 Å². The number of hydrogen-bond acceptors (Lipinski definition) is 8. The summed E-state index contributed by atoms with van der Waals surface area (Å²) in [7, 11) is 1.26. The lowest BCUT2D eigenvalue weighted by atomic mass is 10.2. The zero-order chi connectivity index (χ0) is 17.4. The van der Waals surface area contributed by atoms with Crippen LogP contribution in [-0.4, -0.2) is 40.6 Å². The maximum atomic E-state index is 11.4. The summed E-state index contributed by atoms with van der Waals surface area (Å²) in [5.74, 6) is -0.688. The summed E-state index contributed by atoms with van der Waals surface area (Å²) in [6.45, 7) is 2.03. The van der Waals surface area contributed by atoms with Crippen molar-refractivity contribution in [1.29, 1.82) is 0 Å². The van der Waals surface area contributed by atoms with E-state index in [1.54, 1.807) is 25.3 Å². The molecular formula is C16H15N3O5. The van der Waals surface area contributed by atoms with Gasteiger partial charge in [-0.2, -0.15) is 4.98 Å². The maximum Gasteiger partial charge on any atom is 0.356 e. The summed E-state index contributed by atoms with van der Waals surface area (Å²) >= 11 is 0. The van der Waals surface area contributed by atoms with Crippen LogP contribution in [0.5, 0.6) is 11.8 Å². The third-order valence-electron chi connectivity index (χ3n) is 2.67. The van der Waals surface area contributed by atoms with Gasteiger partial charge in [0.25, 0.3) is 0 Å². The first-order valence-corrected chi connectivity index (χ1v) is 7.01. The first kappa shape index (κ1) is 17.1. The highest BCUT2D eigenvalue weighted by atomic mass is 16.5. The van der Waals surface area contributed by atoms with Crippen LogP contribution < -0.4 is 4.74 Å². The molecule has 0 aliphatic rings. The third kappa shape index (κ3) is 4.87. The normalized spacial score (nSPS) is 10.4. The van der Waals surface area contributed by atoms with Gasteiger partial charge >= 0.3 is 17.9 Å². The largest absolute Gasteiger partial charge is 0.464 e. The Morgan fingerprint density at radius 3 is 2.88 bits per heavy atom. The fraction of sp³-hybridized carbons (Fsp3) is 0.188. The van der Waals surface area contributed by atoms with Gasteiger partial charge in [0.2, 0.25) is 0 Å². The molecule has 2 heterocycles. The van der Waals surface area contributed by atoms with Gasteiger partial charge in [-0.15, -0.1) is 0 Å². The molecule has 0 fully saturated rings. The average molecular weight is 329 g/mol. The first-order valence-electron chi connectivity index (χ1n) is 7.01. The van der Waals surface area contributed by atoms with E-state index in [0.717, 1.165) is 0 Å². The highest BCUT2D eigenvalue weighted by Gasteiger charge is 2.10. The van der Waals surface area contributed by atoms with Gasteiger partial charge in [0.05, 0.1) is 19.9 Å². The highest BCUT2D eigenvalue weighted by molar-refractivity contribution is 5.87. The lowest BCUT2D eigenvalue weighted by Crippen LogP contribution is -2.05. The van der Waals surface area contributed by atoms with Gasteiger partial charge in [0, 0.05) is 18.5 Å². The molecule has 0 spiro atoms. The number of pyridine rings is 1. The molecule has 0 atom stereocenters. The molecule has 0 radical (unpaired) electrons. The molecule has 0 unspecified atom stereocenters. The van der Waals surface area contributed by atoms with E-state index in [1.165, 1.54) is 31.6 Å². The predicted molar refractivity (Wildman–Crippen MR) is 83.3 cm³/mol. The van der Waals surface area contributed by atoms with Crippen LogP contribution in [0.1, 0.15) is 23.0 Å². The molecule has 0 saturated carbocycles. The minimum atomic E-state index is -0.591. The second-order valence-corrected chi connectivity index (χ2v) is 4.36. The Balaban J connectivity index is 2.12. The van der Waals surface area contributed by atoms with Crippen molar-refractivity contribution < 1.29 is 23.8 Å². The molecule has 0 N–H and O–H groups in total. The Hall–Kier alpha value is -3.29. The van der Waals surface area contributed by atoms with Gasteiger partial charge in [-0.1, -0.05) is 0 Å². The van der Waals surface area contributed by atoms with E-state index < -0.39 is 11.9 Å². The zero-order valence-corrected chi connectivity index (χ0v) is 13.1. The van der Waals surface area contributed by atoms with E-state index in [0.29, 0.717) is 17.9 Å². The lowest BCUT2D eigenvalue weighted by Gasteiger charge is -2.05. The standard InChI is InChI=1S/C16H15N3O5/c1-3-23-14(20)5-4-11-8-12(10-17-9-11)24-16-18-7-6-13(19-16)15(21)22-2/h4-10H,3H2,1-2H3/b5-4+. The van der Waals surface area contributed by atoms with E-state index in [-0.39, 0.29) is 11.7 Å². The number of nitrogens with zero attached hydrogens (tertiary/aromatic N) is 3. The monoisotopic (exact) mass is 329 g/mol. The molecule has 24 heavy (non-hydrogen) atoms. The Labute approximate surface area is 138 Å². The number of ether oxygens (including phenoxy) is 3. The van der Waals surface area contributed by atoms with Crippen molar-refractivity contribution in [2.75, 3.05) is 13.7 Å². The molecule has 124 valence electrons. The van der Waals surface area contributed by atoms with Crippen LogP contribution in [0.25, 0.3) is 6.08 Å². The fourth-order valence-electron chi connectivity index (χ4n) is 1.65. The summed E-state index contributed by atoms with van der Waals surface area (Å²) in [4.78, 5) is 34.6. The molecule has 0 amide bonds. The second kappa shape index (κ2) is 8.37. The van der Waals surface area contributed by atoms with E-state index in [4.69, 9.17) is 9.47 Å². The smallest absolute Gasteiger partial charge is 0.356 e. The van der Waals surface area contributed by atoms with Crippen molar-refractivity contribution in [1.82, 2.24) is 15.0 Å². The predicted octanol–water partition coefficient (Wildman–Crippen LogP) is 2.03. The summed E-state index contributed by atoms with van der Waals surface area (Å²) < 4.78 is 14.8. The summed E-state index contributed by atoms with van der Waals surface area (Å²) in [6.07, 6.45) is 7.22. The number of esters is 2. The molecule has 0 saturated heterocycles. The van der Waals surface area contributed by atoms with E-state index in [9.17, 15) is 9.59 Å². The van der Waals surface area contributed by atoms with Crippen LogP contribution in [0, 0.1) is 0 Å². The minimum Gasteiger partial charge on any atom is -0.464 e. The van der Waals surface area contributed by atoms with Crippen molar-refractivity contribution in [3.8, 4) is 11.8 Å². The molecule has 2 aromatic rings. The summed E-state index contributed by atoms with van der Waals surface area (Å²) in [5.41, 5.74) is 0.707. The average Bonchev–Trinajstić information content (AvgIpc) is 2.60. The Morgan fingerprint density at radius 2 is 2.12 bits per heavy atom. The molecule has 0 aromatic carbocycles. The number of aromatic nitrogens is 3. The Bertz CT molecular complexity index is 761. The topological polar surface area (TPSA) is 100 Å². The van der Waals surface area contributed by atoms with Crippen molar-refractivity contribution in [2.45, 2.75) is 6.92 Å². The Morgan fingerprint density at radius 1 is 1.29 bits per heavy atom. The quantitative estimate of drug-likeness (QED) is 0.586. The minimum absolute atomic E-state index is 0.0220. The van der Waals surface area contributed by atoms with Gasteiger partial charge < -0.3 is 14.2 Å². The molecule has 0 aliphatic carbocycles. The van der Waals surface area contributed by atoms with Gasteiger partial charge in [-0.3, -0.25) is 4.98 Å². The van der Waals surface area contributed by atoms with Crippen molar-refractivity contribution >= 4 is 18.0 Å². The number of carbonyl (C=O) groups is 2. The number of rotatable bonds is 6. The van der Waals surface area contributed by atoms with Crippen LogP contribution in [-0.2, 0) is 14.3 Å². The molecule has 8 nitrogen and oxygen atoms in total. The van der Waals surface area contributed by atoms with Crippen LogP contribution >= 0.6 is 0 Å². The molecule has 2 rings (SSSR count). The number of methoxy groups -OCH3 is 1. The SMILES string of the molecule is CCOC(=O)/C=C/c1cncc(Oc2nccc(C(=O)OC)n2)c1. The van der Waals surface area contributed by atoms with Crippen LogP contribution in [0.2, 0.25) is 0 Å².